The van der Waals surface area contributed by atoms with Gasteiger partial charge in [0.1, 0.15) is 11.9 Å². The van der Waals surface area contributed by atoms with Crippen molar-refractivity contribution < 1.29 is 9.53 Å². The summed E-state index contributed by atoms with van der Waals surface area (Å²) in [6.07, 6.45) is -0.286. The number of hydrogen-bond acceptors (Lipinski definition) is 2. The van der Waals surface area contributed by atoms with Crippen LogP contribution in [0.2, 0.25) is 0 Å². The van der Waals surface area contributed by atoms with E-state index in [1.807, 2.05) is 13.8 Å². The molecule has 3 rings (SSSR count). The molecule has 0 fully saturated rings. The highest BCUT2D eigenvalue weighted by Crippen LogP contribution is 2.51. The summed E-state index contributed by atoms with van der Waals surface area (Å²) in [5.74, 6) is 0.974. The van der Waals surface area contributed by atoms with Crippen LogP contribution in [-0.2, 0) is 0 Å². The first kappa shape index (κ1) is 20.6. The molecular formula is C26H34O2. The number of carbonyl (C=O) groups is 1. The molecule has 0 aliphatic carbocycles. The number of rotatable bonds is 1. The lowest BCUT2D eigenvalue weighted by atomic mass is 9.70. The second-order valence-corrected chi connectivity index (χ2v) is 9.29. The van der Waals surface area contributed by atoms with Gasteiger partial charge in [0.25, 0.3) is 0 Å². The average Bonchev–Trinajstić information content (AvgIpc) is 2.64. The molecule has 0 saturated carbocycles. The van der Waals surface area contributed by atoms with Crippen molar-refractivity contribution in [2.24, 2.45) is 5.41 Å². The van der Waals surface area contributed by atoms with Crippen molar-refractivity contribution in [1.29, 1.82) is 0 Å². The van der Waals surface area contributed by atoms with Crippen LogP contribution in [0.1, 0.15) is 85.9 Å². The van der Waals surface area contributed by atoms with Gasteiger partial charge in [0, 0.05) is 0 Å². The van der Waals surface area contributed by atoms with Gasteiger partial charge in [-0.15, -0.1) is 0 Å². The second kappa shape index (κ2) is 6.47. The van der Waals surface area contributed by atoms with Crippen LogP contribution in [0.4, 0.5) is 0 Å². The molecule has 0 radical (unpaired) electrons. The Bertz CT molecular complexity index is 993. The minimum Gasteiger partial charge on any atom is -0.484 e. The number of fused-ring (bicyclic) bond motifs is 1. The van der Waals surface area contributed by atoms with Gasteiger partial charge in [0.15, 0.2) is 5.78 Å². The van der Waals surface area contributed by atoms with E-state index in [2.05, 4.69) is 62.3 Å². The molecular weight excluding hydrogens is 344 g/mol. The molecule has 2 aromatic rings. The van der Waals surface area contributed by atoms with Gasteiger partial charge in [-0.2, -0.15) is 0 Å². The molecule has 2 heteroatoms. The van der Waals surface area contributed by atoms with Crippen molar-refractivity contribution in [3.63, 3.8) is 0 Å². The van der Waals surface area contributed by atoms with E-state index in [0.29, 0.717) is 0 Å². The standard InChI is InChI=1S/C26H34O2/c1-12-13(2)17(6)21(18(7)14(12)3)25-26(10,11)24(27)22-19(8)15(4)16(5)20(9)23(22)28-25/h25H,1-11H3. The third-order valence-electron chi connectivity index (χ3n) is 7.65. The summed E-state index contributed by atoms with van der Waals surface area (Å²) in [5, 5.41) is 0. The number of hydrogen-bond donors (Lipinski definition) is 0. The van der Waals surface area contributed by atoms with Crippen LogP contribution >= 0.6 is 0 Å². The third-order valence-corrected chi connectivity index (χ3v) is 7.65. The van der Waals surface area contributed by atoms with Gasteiger partial charge in [0.2, 0.25) is 0 Å². The van der Waals surface area contributed by atoms with E-state index in [4.69, 9.17) is 4.74 Å². The van der Waals surface area contributed by atoms with Gasteiger partial charge in [0.05, 0.1) is 11.0 Å². The van der Waals surface area contributed by atoms with Gasteiger partial charge in [-0.05, 0) is 132 Å². The molecule has 0 spiro atoms. The average molecular weight is 379 g/mol. The van der Waals surface area contributed by atoms with E-state index in [-0.39, 0.29) is 11.9 Å². The summed E-state index contributed by atoms with van der Waals surface area (Å²) in [6, 6.07) is 0. The molecule has 0 saturated heterocycles. The van der Waals surface area contributed by atoms with E-state index in [0.717, 1.165) is 22.4 Å². The monoisotopic (exact) mass is 378 g/mol. The lowest BCUT2D eigenvalue weighted by Crippen LogP contribution is -2.41. The zero-order chi connectivity index (χ0) is 21.3. The molecule has 1 heterocycles. The lowest BCUT2D eigenvalue weighted by molar-refractivity contribution is 0.0380. The first-order valence-electron chi connectivity index (χ1n) is 10.2. The minimum atomic E-state index is -0.629. The maximum Gasteiger partial charge on any atom is 0.176 e. The molecule has 0 amide bonds. The smallest absolute Gasteiger partial charge is 0.176 e. The summed E-state index contributed by atoms with van der Waals surface area (Å²) in [6.45, 7) is 23.3. The Balaban J connectivity index is 2.36. The van der Waals surface area contributed by atoms with E-state index >= 15 is 0 Å². The minimum absolute atomic E-state index is 0.192. The Morgan fingerprint density at radius 2 is 1.00 bits per heavy atom. The SMILES string of the molecule is Cc1c(C)c(C)c(C2Oc3c(C)c(C)c(C)c(C)c3C(=O)C2(C)C)c(C)c1C. The van der Waals surface area contributed by atoms with Gasteiger partial charge in [-0.1, -0.05) is 0 Å². The molecule has 0 N–H and O–H groups in total. The topological polar surface area (TPSA) is 26.3 Å². The highest BCUT2D eigenvalue weighted by Gasteiger charge is 2.47. The van der Waals surface area contributed by atoms with Gasteiger partial charge in [-0.25, -0.2) is 0 Å². The summed E-state index contributed by atoms with van der Waals surface area (Å²) in [7, 11) is 0. The Morgan fingerprint density at radius 1 is 0.607 bits per heavy atom. The molecule has 0 aromatic heterocycles. The highest BCUT2D eigenvalue weighted by atomic mass is 16.5. The Morgan fingerprint density at radius 3 is 1.50 bits per heavy atom. The largest absolute Gasteiger partial charge is 0.484 e. The van der Waals surface area contributed by atoms with Crippen LogP contribution in [0.15, 0.2) is 0 Å². The normalized spacial score (nSPS) is 18.1. The van der Waals surface area contributed by atoms with Crippen LogP contribution in [0.25, 0.3) is 0 Å². The number of carbonyl (C=O) groups excluding carboxylic acids is 1. The molecule has 1 aliphatic heterocycles. The van der Waals surface area contributed by atoms with Crippen molar-refractivity contribution in [1.82, 2.24) is 0 Å². The van der Waals surface area contributed by atoms with E-state index in [1.165, 1.54) is 44.5 Å². The predicted octanol–water partition coefficient (Wildman–Crippen LogP) is 6.80. The van der Waals surface area contributed by atoms with Gasteiger partial charge >= 0.3 is 0 Å². The first-order chi connectivity index (χ1) is 12.8. The predicted molar refractivity (Wildman–Crippen MR) is 117 cm³/mol. The van der Waals surface area contributed by atoms with Crippen molar-refractivity contribution in [2.45, 2.75) is 82.3 Å². The van der Waals surface area contributed by atoms with E-state index in [9.17, 15) is 4.79 Å². The Kier molecular flexibility index (Phi) is 4.77. The van der Waals surface area contributed by atoms with Crippen LogP contribution < -0.4 is 4.74 Å². The molecule has 2 aromatic carbocycles. The summed E-state index contributed by atoms with van der Waals surface area (Å²) >= 11 is 0. The molecule has 1 atom stereocenters. The molecule has 2 nitrogen and oxygen atoms in total. The Labute approximate surface area is 170 Å². The highest BCUT2D eigenvalue weighted by molar-refractivity contribution is 6.06. The van der Waals surface area contributed by atoms with Crippen LogP contribution in [0.3, 0.4) is 0 Å². The van der Waals surface area contributed by atoms with Gasteiger partial charge < -0.3 is 4.74 Å². The van der Waals surface area contributed by atoms with Crippen LogP contribution in [-0.4, -0.2) is 5.78 Å². The quantitative estimate of drug-likeness (QED) is 0.545. The molecule has 150 valence electrons. The zero-order valence-electron chi connectivity index (χ0n) is 19.4. The number of Topliss-reactive ketones (excluding diaryl/α,β-unsaturated/α-hetero) is 1. The molecule has 28 heavy (non-hydrogen) atoms. The van der Waals surface area contributed by atoms with Crippen molar-refractivity contribution in [2.75, 3.05) is 0 Å². The molecule has 0 bridgehead atoms. The first-order valence-corrected chi connectivity index (χ1v) is 10.2. The number of ether oxygens (including phenoxy) is 1. The fourth-order valence-electron chi connectivity index (χ4n) is 4.75. The van der Waals surface area contributed by atoms with Crippen LogP contribution in [0.5, 0.6) is 5.75 Å². The molecule has 1 aliphatic rings. The molecule has 1 unspecified atom stereocenters. The van der Waals surface area contributed by atoms with Gasteiger partial charge in [-0.3, -0.25) is 4.79 Å². The summed E-state index contributed by atoms with van der Waals surface area (Å²) in [5.41, 5.74) is 12.3. The second-order valence-electron chi connectivity index (χ2n) is 9.29. The Hall–Kier alpha value is -2.09. The van der Waals surface area contributed by atoms with Crippen molar-refractivity contribution >= 4 is 5.78 Å². The maximum atomic E-state index is 13.7. The summed E-state index contributed by atoms with van der Waals surface area (Å²) in [4.78, 5) is 13.7. The third kappa shape index (κ3) is 2.57. The maximum absolute atomic E-state index is 13.7. The zero-order valence-corrected chi connectivity index (χ0v) is 19.4. The number of benzene rings is 2. The fraction of sp³-hybridized carbons (Fsp3) is 0.500. The van der Waals surface area contributed by atoms with E-state index in [1.54, 1.807) is 0 Å². The van der Waals surface area contributed by atoms with Crippen LogP contribution in [0, 0.1) is 67.7 Å². The summed E-state index contributed by atoms with van der Waals surface area (Å²) < 4.78 is 6.74. The number of ketones is 1. The van der Waals surface area contributed by atoms with E-state index < -0.39 is 5.41 Å². The van der Waals surface area contributed by atoms with Crippen molar-refractivity contribution in [3.8, 4) is 5.75 Å². The van der Waals surface area contributed by atoms with Crippen molar-refractivity contribution in [3.05, 3.63) is 61.2 Å². The fourth-order valence-corrected chi connectivity index (χ4v) is 4.75. The lowest BCUT2D eigenvalue weighted by Gasteiger charge is -2.42.